The molecule has 4 heteroatoms. The molecule has 0 radical (unpaired) electrons. The summed E-state index contributed by atoms with van der Waals surface area (Å²) in [6.45, 7) is 3.10. The van der Waals surface area contributed by atoms with Gasteiger partial charge in [-0.1, -0.05) is 13.0 Å². The number of fused-ring (bicyclic) bond motifs is 2. The first-order valence-corrected chi connectivity index (χ1v) is 7.90. The van der Waals surface area contributed by atoms with Crippen LogP contribution in [0.25, 0.3) is 0 Å². The molecule has 2 unspecified atom stereocenters. The van der Waals surface area contributed by atoms with Gasteiger partial charge in [0.2, 0.25) is 11.8 Å². The Morgan fingerprint density at radius 2 is 1.86 bits per heavy atom. The van der Waals surface area contributed by atoms with Crippen molar-refractivity contribution in [2.45, 2.75) is 32.6 Å². The molecule has 2 fully saturated rings. The predicted molar refractivity (Wildman–Crippen MR) is 81.1 cm³/mol. The fourth-order valence-electron chi connectivity index (χ4n) is 4.22. The highest BCUT2D eigenvalue weighted by atomic mass is 16.2. The van der Waals surface area contributed by atoms with Gasteiger partial charge in [0.15, 0.2) is 0 Å². The molecule has 21 heavy (non-hydrogen) atoms. The molecule has 3 aliphatic rings. The van der Waals surface area contributed by atoms with Crippen LogP contribution >= 0.6 is 0 Å². The molecule has 1 saturated heterocycles. The minimum Gasteiger partial charge on any atom is -0.385 e. The first-order valence-electron chi connectivity index (χ1n) is 7.90. The van der Waals surface area contributed by atoms with Crippen LogP contribution in [0.5, 0.6) is 0 Å². The van der Waals surface area contributed by atoms with Gasteiger partial charge in [0.25, 0.3) is 0 Å². The Hall–Kier alpha value is -1.84. The number of nitrogens with zero attached hydrogens (tertiary/aromatic N) is 1. The Bertz CT molecular complexity index is 601. The van der Waals surface area contributed by atoms with Crippen molar-refractivity contribution in [2.75, 3.05) is 16.8 Å². The highest BCUT2D eigenvalue weighted by molar-refractivity contribution is 6.22. The van der Waals surface area contributed by atoms with Crippen LogP contribution in [0.3, 0.4) is 0 Å². The number of amides is 2. The van der Waals surface area contributed by atoms with E-state index in [1.54, 1.807) is 0 Å². The van der Waals surface area contributed by atoms with Gasteiger partial charge in [0.1, 0.15) is 0 Å². The van der Waals surface area contributed by atoms with Crippen molar-refractivity contribution < 1.29 is 9.59 Å². The zero-order chi connectivity index (χ0) is 14.6. The SMILES string of the molecule is CC1CC2C(=O)N(c3cccc4c3CCCN4)C(=O)C2C1. The number of carbonyl (C=O) groups excluding carboxylic acids is 2. The topological polar surface area (TPSA) is 49.4 Å². The van der Waals surface area contributed by atoms with Crippen molar-refractivity contribution in [3.8, 4) is 0 Å². The van der Waals surface area contributed by atoms with E-state index in [2.05, 4.69) is 12.2 Å². The van der Waals surface area contributed by atoms with Crippen LogP contribution in [0.4, 0.5) is 11.4 Å². The van der Waals surface area contributed by atoms with E-state index in [-0.39, 0.29) is 23.7 Å². The van der Waals surface area contributed by atoms with Gasteiger partial charge in [-0.2, -0.15) is 0 Å². The Balaban J connectivity index is 1.75. The molecule has 2 atom stereocenters. The number of anilines is 2. The second-order valence-electron chi connectivity index (χ2n) is 6.64. The van der Waals surface area contributed by atoms with E-state index in [4.69, 9.17) is 0 Å². The Morgan fingerprint density at radius 3 is 2.57 bits per heavy atom. The molecule has 2 heterocycles. The number of hydrogen-bond donors (Lipinski definition) is 1. The maximum Gasteiger partial charge on any atom is 0.237 e. The fraction of sp³-hybridized carbons (Fsp3) is 0.529. The quantitative estimate of drug-likeness (QED) is 0.806. The van der Waals surface area contributed by atoms with E-state index in [9.17, 15) is 9.59 Å². The van der Waals surface area contributed by atoms with E-state index in [0.717, 1.165) is 49.2 Å². The Kier molecular flexibility index (Phi) is 2.81. The minimum atomic E-state index is -0.0834. The van der Waals surface area contributed by atoms with Crippen LogP contribution in [0.15, 0.2) is 18.2 Å². The van der Waals surface area contributed by atoms with Gasteiger partial charge < -0.3 is 5.32 Å². The molecule has 2 amide bonds. The maximum atomic E-state index is 12.7. The molecule has 1 N–H and O–H groups in total. The number of imide groups is 1. The van der Waals surface area contributed by atoms with Crippen LogP contribution in [-0.4, -0.2) is 18.4 Å². The smallest absolute Gasteiger partial charge is 0.237 e. The monoisotopic (exact) mass is 284 g/mol. The number of rotatable bonds is 1. The zero-order valence-electron chi connectivity index (χ0n) is 12.3. The van der Waals surface area contributed by atoms with Crippen LogP contribution in [-0.2, 0) is 16.0 Å². The highest BCUT2D eigenvalue weighted by Crippen LogP contribution is 2.45. The summed E-state index contributed by atoms with van der Waals surface area (Å²) in [7, 11) is 0. The summed E-state index contributed by atoms with van der Waals surface area (Å²) >= 11 is 0. The molecule has 0 spiro atoms. The van der Waals surface area contributed by atoms with E-state index in [1.165, 1.54) is 4.90 Å². The second-order valence-corrected chi connectivity index (χ2v) is 6.64. The van der Waals surface area contributed by atoms with Crippen molar-refractivity contribution in [1.29, 1.82) is 0 Å². The predicted octanol–water partition coefficient (Wildman–Crippen LogP) is 2.58. The molecule has 1 aliphatic carbocycles. The lowest BCUT2D eigenvalue weighted by Crippen LogP contribution is -2.33. The van der Waals surface area contributed by atoms with Gasteiger partial charge in [-0.05, 0) is 49.3 Å². The molecule has 1 aromatic carbocycles. The zero-order valence-corrected chi connectivity index (χ0v) is 12.3. The van der Waals surface area contributed by atoms with Crippen molar-refractivity contribution in [2.24, 2.45) is 17.8 Å². The minimum absolute atomic E-state index is 0.0216. The van der Waals surface area contributed by atoms with E-state index in [1.807, 2.05) is 18.2 Å². The number of benzene rings is 1. The molecule has 0 bridgehead atoms. The summed E-state index contributed by atoms with van der Waals surface area (Å²) in [5.41, 5.74) is 3.01. The number of hydrogen-bond acceptors (Lipinski definition) is 3. The Morgan fingerprint density at radius 1 is 1.14 bits per heavy atom. The summed E-state index contributed by atoms with van der Waals surface area (Å²) in [5.74, 6) is 0.364. The molecule has 0 aromatic heterocycles. The summed E-state index contributed by atoms with van der Waals surface area (Å²) < 4.78 is 0. The van der Waals surface area contributed by atoms with Gasteiger partial charge >= 0.3 is 0 Å². The van der Waals surface area contributed by atoms with Crippen LogP contribution in [0.2, 0.25) is 0 Å². The second kappa shape index (κ2) is 4.58. The Labute approximate surface area is 124 Å². The fourth-order valence-corrected chi connectivity index (χ4v) is 4.22. The molecular weight excluding hydrogens is 264 g/mol. The van der Waals surface area contributed by atoms with E-state index in [0.29, 0.717) is 5.92 Å². The third-order valence-electron chi connectivity index (χ3n) is 5.18. The lowest BCUT2D eigenvalue weighted by molar-refractivity contribution is -0.123. The van der Waals surface area contributed by atoms with E-state index >= 15 is 0 Å². The molecule has 4 nitrogen and oxygen atoms in total. The number of carbonyl (C=O) groups is 2. The highest BCUT2D eigenvalue weighted by Gasteiger charge is 2.52. The maximum absolute atomic E-state index is 12.7. The first-order chi connectivity index (χ1) is 10.2. The summed E-state index contributed by atoms with van der Waals surface area (Å²) in [6, 6.07) is 5.89. The standard InChI is InChI=1S/C17H20N2O2/c1-10-8-12-13(9-10)17(21)19(16(12)20)15-6-2-5-14-11(15)4-3-7-18-14/h2,5-6,10,12-13,18H,3-4,7-9H2,1H3. The van der Waals surface area contributed by atoms with Crippen molar-refractivity contribution in [1.82, 2.24) is 0 Å². The van der Waals surface area contributed by atoms with E-state index < -0.39 is 0 Å². The van der Waals surface area contributed by atoms with Gasteiger partial charge in [-0.15, -0.1) is 0 Å². The molecule has 1 aromatic rings. The van der Waals surface area contributed by atoms with Crippen molar-refractivity contribution >= 4 is 23.2 Å². The average molecular weight is 284 g/mol. The van der Waals surface area contributed by atoms with Gasteiger partial charge in [-0.3, -0.25) is 9.59 Å². The third-order valence-corrected chi connectivity index (χ3v) is 5.18. The number of nitrogens with one attached hydrogen (secondary N) is 1. The normalized spacial score (nSPS) is 31.1. The summed E-state index contributed by atoms with van der Waals surface area (Å²) in [6.07, 6.45) is 3.70. The van der Waals surface area contributed by atoms with Gasteiger partial charge in [0.05, 0.1) is 17.5 Å². The largest absolute Gasteiger partial charge is 0.385 e. The lowest BCUT2D eigenvalue weighted by Gasteiger charge is -2.25. The molecule has 1 saturated carbocycles. The molecular formula is C17H20N2O2. The van der Waals surface area contributed by atoms with Crippen molar-refractivity contribution in [3.63, 3.8) is 0 Å². The van der Waals surface area contributed by atoms with Crippen LogP contribution in [0.1, 0.15) is 31.7 Å². The summed E-state index contributed by atoms with van der Waals surface area (Å²) in [5, 5.41) is 3.36. The van der Waals surface area contributed by atoms with Gasteiger partial charge in [0, 0.05) is 12.2 Å². The molecule has 4 rings (SSSR count). The van der Waals surface area contributed by atoms with Crippen molar-refractivity contribution in [3.05, 3.63) is 23.8 Å². The lowest BCUT2D eigenvalue weighted by atomic mass is 10.00. The van der Waals surface area contributed by atoms with Gasteiger partial charge in [-0.25, -0.2) is 4.90 Å². The van der Waals surface area contributed by atoms with Crippen LogP contribution in [0, 0.1) is 17.8 Å². The van der Waals surface area contributed by atoms with Crippen LogP contribution < -0.4 is 10.2 Å². The third kappa shape index (κ3) is 1.81. The molecule has 110 valence electrons. The molecule has 2 aliphatic heterocycles. The first kappa shape index (κ1) is 12.9. The average Bonchev–Trinajstić information content (AvgIpc) is 2.98. The summed E-state index contributed by atoms with van der Waals surface area (Å²) in [4.78, 5) is 26.9.